The lowest BCUT2D eigenvalue weighted by molar-refractivity contribution is 0.198. The van der Waals surface area contributed by atoms with Gasteiger partial charge in [0.25, 0.3) is 0 Å². The second-order valence-electron chi connectivity index (χ2n) is 5.66. The molecule has 136 valence electrons. The van der Waals surface area contributed by atoms with Crippen molar-refractivity contribution in [2.45, 2.75) is 6.67 Å². The van der Waals surface area contributed by atoms with E-state index in [0.717, 1.165) is 12.3 Å². The maximum absolute atomic E-state index is 13.7. The Kier molecular flexibility index (Phi) is 6.32. The zero-order valence-electron chi connectivity index (χ0n) is 14.3. The first-order valence-electron chi connectivity index (χ1n) is 8.08. The molecule has 3 rings (SSSR count). The molecule has 0 saturated carbocycles. The number of nitrogens with one attached hydrogen (secondary N) is 1. The highest BCUT2D eigenvalue weighted by molar-refractivity contribution is 7.73. The normalized spacial score (nSPS) is 10.9. The van der Waals surface area contributed by atoms with Gasteiger partial charge >= 0.3 is 0 Å². The highest BCUT2D eigenvalue weighted by Gasteiger charge is 2.08. The zero-order valence-corrected chi connectivity index (χ0v) is 15.9. The second kappa shape index (κ2) is 8.88. The van der Waals surface area contributed by atoms with E-state index in [2.05, 4.69) is 15.3 Å². The van der Waals surface area contributed by atoms with E-state index in [1.165, 1.54) is 17.4 Å². The van der Waals surface area contributed by atoms with Crippen molar-refractivity contribution in [1.29, 1.82) is 0 Å². The van der Waals surface area contributed by atoms with Crippen LogP contribution in [0.5, 0.6) is 5.75 Å². The summed E-state index contributed by atoms with van der Waals surface area (Å²) in [6, 6.07) is 16.2. The summed E-state index contributed by atoms with van der Waals surface area (Å²) < 4.78 is 21.8. The van der Waals surface area contributed by atoms with Gasteiger partial charge in [-0.3, -0.25) is 4.90 Å². The monoisotopic (exact) mass is 390 g/mol. The van der Waals surface area contributed by atoms with Crippen molar-refractivity contribution in [2.75, 3.05) is 25.5 Å². The second-order valence-corrected chi connectivity index (χ2v) is 7.28. The lowest BCUT2D eigenvalue weighted by Gasteiger charge is -2.16. The standard InChI is InChI=1S/C18H19FN4OS2/c1-22(11-12-24-14-7-3-2-4-8-14)13-23-18(25)26-17(21-23)20-16-10-6-5-9-15(16)19/h2-10H,11-13H2,1H3,(H,20,21). The maximum Gasteiger partial charge on any atom is 0.209 e. The Bertz CT molecular complexity index is 897. The third-order valence-electron chi connectivity index (χ3n) is 3.58. The molecule has 1 heterocycles. The van der Waals surface area contributed by atoms with Gasteiger partial charge in [0.2, 0.25) is 5.13 Å². The van der Waals surface area contributed by atoms with Gasteiger partial charge in [-0.2, -0.15) is 0 Å². The highest BCUT2D eigenvalue weighted by atomic mass is 32.1. The van der Waals surface area contributed by atoms with Crippen molar-refractivity contribution >= 4 is 34.4 Å². The van der Waals surface area contributed by atoms with Gasteiger partial charge < -0.3 is 10.1 Å². The zero-order chi connectivity index (χ0) is 18.4. The molecule has 0 saturated heterocycles. The topological polar surface area (TPSA) is 42.3 Å². The molecule has 0 fully saturated rings. The number of benzene rings is 2. The van der Waals surface area contributed by atoms with Crippen LogP contribution >= 0.6 is 23.6 Å². The predicted molar refractivity (Wildman–Crippen MR) is 105 cm³/mol. The molecule has 0 aliphatic heterocycles. The molecule has 0 aliphatic rings. The number of hydrogen-bond acceptors (Lipinski definition) is 6. The fraction of sp³-hybridized carbons (Fsp3) is 0.222. The molecular formula is C18H19FN4OS2. The first-order chi connectivity index (χ1) is 12.6. The SMILES string of the molecule is CN(CCOc1ccccc1)Cn1nc(Nc2ccccc2F)sc1=S. The van der Waals surface area contributed by atoms with Gasteiger partial charge in [-0.25, -0.2) is 9.07 Å². The number of ether oxygens (including phenoxy) is 1. The molecule has 5 nitrogen and oxygen atoms in total. The van der Waals surface area contributed by atoms with E-state index >= 15 is 0 Å². The first kappa shape index (κ1) is 18.5. The van der Waals surface area contributed by atoms with E-state index in [-0.39, 0.29) is 5.82 Å². The Morgan fingerprint density at radius 3 is 2.69 bits per heavy atom. The summed E-state index contributed by atoms with van der Waals surface area (Å²) in [6.07, 6.45) is 0. The minimum atomic E-state index is -0.324. The largest absolute Gasteiger partial charge is 0.492 e. The molecule has 0 aliphatic carbocycles. The lowest BCUT2D eigenvalue weighted by atomic mass is 10.3. The van der Waals surface area contributed by atoms with Gasteiger partial charge in [0.05, 0.1) is 12.4 Å². The van der Waals surface area contributed by atoms with Gasteiger partial charge in [-0.05, 0) is 43.5 Å². The van der Waals surface area contributed by atoms with Crippen LogP contribution in [0.3, 0.4) is 0 Å². The van der Waals surface area contributed by atoms with Crippen LogP contribution < -0.4 is 10.1 Å². The van der Waals surface area contributed by atoms with E-state index in [4.69, 9.17) is 17.0 Å². The van der Waals surface area contributed by atoms with Crippen molar-refractivity contribution in [3.8, 4) is 5.75 Å². The van der Waals surface area contributed by atoms with Crippen LogP contribution in [0.25, 0.3) is 0 Å². The smallest absolute Gasteiger partial charge is 0.209 e. The van der Waals surface area contributed by atoms with Gasteiger partial charge in [0, 0.05) is 6.54 Å². The van der Waals surface area contributed by atoms with E-state index in [9.17, 15) is 4.39 Å². The van der Waals surface area contributed by atoms with Crippen molar-refractivity contribution in [1.82, 2.24) is 14.7 Å². The minimum absolute atomic E-state index is 0.324. The summed E-state index contributed by atoms with van der Waals surface area (Å²) in [4.78, 5) is 2.06. The number of likely N-dealkylation sites (N-methyl/N-ethyl adjacent to an activating group) is 1. The number of hydrogen-bond donors (Lipinski definition) is 1. The Hall–Kier alpha value is -2.29. The molecule has 1 aromatic heterocycles. The van der Waals surface area contributed by atoms with Crippen LogP contribution in [-0.2, 0) is 6.67 Å². The molecule has 0 radical (unpaired) electrons. The molecule has 0 bridgehead atoms. The van der Waals surface area contributed by atoms with Crippen molar-refractivity contribution in [2.24, 2.45) is 0 Å². The van der Waals surface area contributed by atoms with E-state index in [1.54, 1.807) is 22.9 Å². The van der Waals surface area contributed by atoms with Gasteiger partial charge in [0.15, 0.2) is 3.95 Å². The molecule has 2 aromatic carbocycles. The first-order valence-corrected chi connectivity index (χ1v) is 9.30. The Morgan fingerprint density at radius 1 is 1.19 bits per heavy atom. The number of para-hydroxylation sites is 2. The number of rotatable bonds is 8. The molecule has 26 heavy (non-hydrogen) atoms. The van der Waals surface area contributed by atoms with Crippen molar-refractivity contribution in [3.63, 3.8) is 0 Å². The summed E-state index contributed by atoms with van der Waals surface area (Å²) in [5.41, 5.74) is 0.382. The van der Waals surface area contributed by atoms with Gasteiger partial charge in [0.1, 0.15) is 18.2 Å². The van der Waals surface area contributed by atoms with Crippen LogP contribution in [0.1, 0.15) is 0 Å². The fourth-order valence-corrected chi connectivity index (χ4v) is 3.26. The van der Waals surface area contributed by atoms with Crippen LogP contribution in [0.15, 0.2) is 54.6 Å². The van der Waals surface area contributed by atoms with Gasteiger partial charge in [-0.1, -0.05) is 41.7 Å². The molecule has 1 N–H and O–H groups in total. The number of anilines is 2. The number of nitrogens with zero attached hydrogens (tertiary/aromatic N) is 3. The molecule has 0 unspecified atom stereocenters. The Morgan fingerprint density at radius 2 is 1.92 bits per heavy atom. The Balaban J connectivity index is 1.54. The maximum atomic E-state index is 13.7. The van der Waals surface area contributed by atoms with Crippen LogP contribution in [0, 0.1) is 9.77 Å². The molecular weight excluding hydrogens is 371 g/mol. The number of halogens is 1. The lowest BCUT2D eigenvalue weighted by Crippen LogP contribution is -2.27. The van der Waals surface area contributed by atoms with Crippen molar-refractivity contribution in [3.05, 3.63) is 64.4 Å². The third kappa shape index (κ3) is 5.10. The average molecular weight is 391 g/mol. The minimum Gasteiger partial charge on any atom is -0.492 e. The summed E-state index contributed by atoms with van der Waals surface area (Å²) in [7, 11) is 1.97. The molecule has 0 amide bonds. The van der Waals surface area contributed by atoms with E-state index in [1.807, 2.05) is 37.4 Å². The van der Waals surface area contributed by atoms with Crippen LogP contribution in [0.4, 0.5) is 15.2 Å². The molecule has 0 spiro atoms. The number of aromatic nitrogens is 2. The summed E-state index contributed by atoms with van der Waals surface area (Å²) in [5.74, 6) is 0.526. The highest BCUT2D eigenvalue weighted by Crippen LogP contribution is 2.22. The van der Waals surface area contributed by atoms with E-state index < -0.39 is 0 Å². The molecule has 8 heteroatoms. The third-order valence-corrected chi connectivity index (χ3v) is 4.81. The summed E-state index contributed by atoms with van der Waals surface area (Å²) in [6.45, 7) is 1.83. The fourth-order valence-electron chi connectivity index (χ4n) is 2.26. The van der Waals surface area contributed by atoms with E-state index in [0.29, 0.717) is 28.0 Å². The molecule has 0 atom stereocenters. The average Bonchev–Trinajstić information content (AvgIpc) is 2.97. The van der Waals surface area contributed by atoms with Crippen LogP contribution in [0.2, 0.25) is 0 Å². The van der Waals surface area contributed by atoms with Gasteiger partial charge in [-0.15, -0.1) is 5.10 Å². The predicted octanol–water partition coefficient (Wildman–Crippen LogP) is 4.53. The Labute approximate surface area is 160 Å². The molecule has 3 aromatic rings. The van der Waals surface area contributed by atoms with Crippen LogP contribution in [-0.4, -0.2) is 34.9 Å². The quantitative estimate of drug-likeness (QED) is 0.573. The summed E-state index contributed by atoms with van der Waals surface area (Å²) in [5, 5.41) is 7.96. The summed E-state index contributed by atoms with van der Waals surface area (Å²) >= 11 is 6.67. The van der Waals surface area contributed by atoms with Crippen molar-refractivity contribution < 1.29 is 9.13 Å².